The first-order valence-electron chi connectivity index (χ1n) is 10.1. The molecule has 1 N–H and O–H groups in total. The van der Waals surface area contributed by atoms with Crippen molar-refractivity contribution in [2.75, 3.05) is 18.4 Å². The van der Waals surface area contributed by atoms with Crippen molar-refractivity contribution >= 4 is 11.6 Å². The summed E-state index contributed by atoms with van der Waals surface area (Å²) in [5, 5.41) is 7.21. The number of nitrogens with zero attached hydrogens (tertiary/aromatic N) is 3. The van der Waals surface area contributed by atoms with E-state index in [0.717, 1.165) is 36.2 Å². The number of aromatic nitrogens is 2. The van der Waals surface area contributed by atoms with E-state index in [2.05, 4.69) is 20.4 Å². The molecule has 0 saturated carbocycles. The van der Waals surface area contributed by atoms with Crippen molar-refractivity contribution in [2.24, 2.45) is 5.92 Å². The SMILES string of the molecule is Cc1ccc(-c2nc(CN3CCCC(C(=O)Nc4ccccc4C)C3)no2)cc1. The normalized spacial score (nSPS) is 17.2. The minimum absolute atomic E-state index is 0.0353. The van der Waals surface area contributed by atoms with Crippen molar-refractivity contribution in [1.29, 1.82) is 0 Å². The van der Waals surface area contributed by atoms with Gasteiger partial charge in [0.15, 0.2) is 5.82 Å². The van der Waals surface area contributed by atoms with Gasteiger partial charge in [0.1, 0.15) is 0 Å². The Morgan fingerprint density at radius 2 is 1.97 bits per heavy atom. The molecule has 1 aliphatic heterocycles. The van der Waals surface area contributed by atoms with E-state index >= 15 is 0 Å². The Hall–Kier alpha value is -2.99. The lowest BCUT2D eigenvalue weighted by atomic mass is 9.97. The highest BCUT2D eigenvalue weighted by atomic mass is 16.5. The Morgan fingerprint density at radius 3 is 2.76 bits per heavy atom. The van der Waals surface area contributed by atoms with Gasteiger partial charge in [-0.2, -0.15) is 4.98 Å². The van der Waals surface area contributed by atoms with E-state index in [1.807, 2.05) is 62.4 Å². The van der Waals surface area contributed by atoms with Crippen LogP contribution in [0.5, 0.6) is 0 Å². The molecular weight excluding hydrogens is 364 g/mol. The highest BCUT2D eigenvalue weighted by Crippen LogP contribution is 2.22. The van der Waals surface area contributed by atoms with Gasteiger partial charge in [-0.3, -0.25) is 9.69 Å². The molecule has 0 radical (unpaired) electrons. The summed E-state index contributed by atoms with van der Waals surface area (Å²) in [6, 6.07) is 15.9. The van der Waals surface area contributed by atoms with Crippen LogP contribution in [-0.2, 0) is 11.3 Å². The average molecular weight is 390 g/mol. The molecule has 1 aliphatic rings. The van der Waals surface area contributed by atoms with Gasteiger partial charge in [-0.25, -0.2) is 0 Å². The monoisotopic (exact) mass is 390 g/mol. The molecule has 0 aliphatic carbocycles. The Morgan fingerprint density at radius 1 is 1.17 bits per heavy atom. The molecule has 1 amide bonds. The van der Waals surface area contributed by atoms with Gasteiger partial charge in [-0.1, -0.05) is 41.1 Å². The number of aryl methyl sites for hydroxylation is 2. The highest BCUT2D eigenvalue weighted by molar-refractivity contribution is 5.93. The van der Waals surface area contributed by atoms with Crippen LogP contribution in [-0.4, -0.2) is 34.0 Å². The molecule has 29 heavy (non-hydrogen) atoms. The number of hydrogen-bond acceptors (Lipinski definition) is 5. The summed E-state index contributed by atoms with van der Waals surface area (Å²) in [5.41, 5.74) is 4.07. The summed E-state index contributed by atoms with van der Waals surface area (Å²) in [6.07, 6.45) is 1.88. The smallest absolute Gasteiger partial charge is 0.257 e. The summed E-state index contributed by atoms with van der Waals surface area (Å²) in [5.74, 6) is 1.23. The van der Waals surface area contributed by atoms with Crippen molar-refractivity contribution < 1.29 is 9.32 Å². The first-order chi connectivity index (χ1) is 14.1. The number of benzene rings is 2. The quantitative estimate of drug-likeness (QED) is 0.707. The number of hydrogen-bond donors (Lipinski definition) is 1. The number of amides is 1. The van der Waals surface area contributed by atoms with Gasteiger partial charge in [0.05, 0.1) is 12.5 Å². The summed E-state index contributed by atoms with van der Waals surface area (Å²) in [7, 11) is 0. The molecular formula is C23H26N4O2. The fourth-order valence-electron chi connectivity index (χ4n) is 3.69. The number of piperidine rings is 1. The van der Waals surface area contributed by atoms with Crippen LogP contribution in [0.1, 0.15) is 29.8 Å². The largest absolute Gasteiger partial charge is 0.334 e. The van der Waals surface area contributed by atoms with Gasteiger partial charge >= 0.3 is 0 Å². The predicted molar refractivity (Wildman–Crippen MR) is 112 cm³/mol. The van der Waals surface area contributed by atoms with Crippen LogP contribution < -0.4 is 5.32 Å². The van der Waals surface area contributed by atoms with Gasteiger partial charge in [0.2, 0.25) is 5.91 Å². The van der Waals surface area contributed by atoms with Gasteiger partial charge in [-0.15, -0.1) is 0 Å². The molecule has 2 aromatic carbocycles. The van der Waals surface area contributed by atoms with E-state index in [9.17, 15) is 4.79 Å². The zero-order chi connectivity index (χ0) is 20.2. The van der Waals surface area contributed by atoms with Crippen LogP contribution in [0.25, 0.3) is 11.5 Å². The highest BCUT2D eigenvalue weighted by Gasteiger charge is 2.27. The topological polar surface area (TPSA) is 71.3 Å². The van der Waals surface area contributed by atoms with Gasteiger partial charge in [0, 0.05) is 17.8 Å². The van der Waals surface area contributed by atoms with E-state index in [1.165, 1.54) is 5.56 Å². The first-order valence-corrected chi connectivity index (χ1v) is 10.1. The molecule has 1 atom stereocenters. The summed E-state index contributed by atoms with van der Waals surface area (Å²) in [4.78, 5) is 19.5. The van der Waals surface area contributed by atoms with Crippen molar-refractivity contribution in [3.63, 3.8) is 0 Å². The molecule has 1 unspecified atom stereocenters. The number of para-hydroxylation sites is 1. The third kappa shape index (κ3) is 4.71. The van der Waals surface area contributed by atoms with Crippen LogP contribution in [0, 0.1) is 19.8 Å². The number of rotatable bonds is 5. The Kier molecular flexibility index (Phi) is 5.71. The molecule has 0 bridgehead atoms. The second-order valence-corrected chi connectivity index (χ2v) is 7.76. The molecule has 3 aromatic rings. The molecule has 1 saturated heterocycles. The van der Waals surface area contributed by atoms with Crippen LogP contribution >= 0.6 is 0 Å². The zero-order valence-corrected chi connectivity index (χ0v) is 16.9. The number of likely N-dealkylation sites (tertiary alicyclic amines) is 1. The number of nitrogens with one attached hydrogen (secondary N) is 1. The van der Waals surface area contributed by atoms with Gasteiger partial charge in [0.25, 0.3) is 5.89 Å². The molecule has 2 heterocycles. The molecule has 150 valence electrons. The molecule has 4 rings (SSSR count). The fourth-order valence-corrected chi connectivity index (χ4v) is 3.69. The minimum Gasteiger partial charge on any atom is -0.334 e. The second kappa shape index (κ2) is 8.57. The summed E-state index contributed by atoms with van der Waals surface area (Å²) < 4.78 is 5.43. The van der Waals surface area contributed by atoms with Crippen molar-refractivity contribution in [2.45, 2.75) is 33.2 Å². The molecule has 6 heteroatoms. The predicted octanol–water partition coefficient (Wildman–Crippen LogP) is 4.20. The first kappa shape index (κ1) is 19.3. The minimum atomic E-state index is -0.0353. The van der Waals surface area contributed by atoms with Crippen molar-refractivity contribution in [3.05, 3.63) is 65.5 Å². The molecule has 6 nitrogen and oxygen atoms in total. The summed E-state index contributed by atoms with van der Waals surface area (Å²) >= 11 is 0. The number of carbonyl (C=O) groups is 1. The Balaban J connectivity index is 1.37. The fraction of sp³-hybridized carbons (Fsp3) is 0.348. The van der Waals surface area contributed by atoms with Crippen molar-refractivity contribution in [3.8, 4) is 11.5 Å². The molecule has 1 fully saturated rings. The van der Waals surface area contributed by atoms with E-state index in [1.54, 1.807) is 0 Å². The van der Waals surface area contributed by atoms with E-state index in [-0.39, 0.29) is 11.8 Å². The maximum absolute atomic E-state index is 12.7. The maximum Gasteiger partial charge on any atom is 0.257 e. The maximum atomic E-state index is 12.7. The number of carbonyl (C=O) groups excluding carboxylic acids is 1. The Labute approximate surface area is 170 Å². The third-order valence-electron chi connectivity index (χ3n) is 5.41. The van der Waals surface area contributed by atoms with Gasteiger partial charge in [-0.05, 0) is 57.0 Å². The van der Waals surface area contributed by atoms with Crippen molar-refractivity contribution in [1.82, 2.24) is 15.0 Å². The standard InChI is InChI=1S/C23H26N4O2/c1-16-9-11-18(12-10-16)23-25-21(26-29-23)15-27-13-5-7-19(14-27)22(28)24-20-8-4-3-6-17(20)2/h3-4,6,8-12,19H,5,7,13-15H2,1-2H3,(H,24,28). The lowest BCUT2D eigenvalue weighted by Gasteiger charge is -2.31. The third-order valence-corrected chi connectivity index (χ3v) is 5.41. The zero-order valence-electron chi connectivity index (χ0n) is 16.9. The van der Waals surface area contributed by atoms with Crippen LogP contribution in [0.4, 0.5) is 5.69 Å². The van der Waals surface area contributed by atoms with Crippen LogP contribution in [0.3, 0.4) is 0 Å². The Bertz CT molecular complexity index is 981. The lowest BCUT2D eigenvalue weighted by molar-refractivity contribution is -0.121. The molecule has 0 spiro atoms. The second-order valence-electron chi connectivity index (χ2n) is 7.76. The van der Waals surface area contributed by atoms with Gasteiger partial charge < -0.3 is 9.84 Å². The molecule has 1 aromatic heterocycles. The summed E-state index contributed by atoms with van der Waals surface area (Å²) in [6.45, 7) is 6.27. The van der Waals surface area contributed by atoms with E-state index in [4.69, 9.17) is 4.52 Å². The number of anilines is 1. The van der Waals surface area contributed by atoms with Crippen LogP contribution in [0.2, 0.25) is 0 Å². The average Bonchev–Trinajstić information content (AvgIpc) is 3.19. The van der Waals surface area contributed by atoms with E-state index < -0.39 is 0 Å². The lowest BCUT2D eigenvalue weighted by Crippen LogP contribution is -2.40. The van der Waals surface area contributed by atoms with E-state index in [0.29, 0.717) is 24.8 Å². The van der Waals surface area contributed by atoms with Crippen LogP contribution in [0.15, 0.2) is 53.1 Å².